The van der Waals surface area contributed by atoms with Gasteiger partial charge in [0.2, 0.25) is 0 Å². The van der Waals surface area contributed by atoms with Crippen LogP contribution in [0.2, 0.25) is 0 Å². The van der Waals surface area contributed by atoms with Gasteiger partial charge < -0.3 is 5.32 Å². The third-order valence-corrected chi connectivity index (χ3v) is 5.59. The molecule has 2 aromatic carbocycles. The summed E-state index contributed by atoms with van der Waals surface area (Å²) in [6, 6.07) is 17.4. The molecule has 0 aliphatic carbocycles. The number of halogens is 1. The number of fused-ring (bicyclic) bond motifs is 1. The predicted molar refractivity (Wildman–Crippen MR) is 96.1 cm³/mol. The first-order valence-electron chi connectivity index (χ1n) is 7.25. The maximum atomic E-state index is 3.69. The van der Waals surface area contributed by atoms with Gasteiger partial charge in [-0.1, -0.05) is 49.4 Å². The first-order valence-corrected chi connectivity index (χ1v) is 8.92. The van der Waals surface area contributed by atoms with Gasteiger partial charge in [0.1, 0.15) is 0 Å². The molecule has 1 heterocycles. The Labute approximate surface area is 138 Å². The van der Waals surface area contributed by atoms with Gasteiger partial charge in [0.25, 0.3) is 0 Å². The van der Waals surface area contributed by atoms with Crippen molar-refractivity contribution in [1.82, 2.24) is 5.32 Å². The number of benzene rings is 2. The summed E-state index contributed by atoms with van der Waals surface area (Å²) in [4.78, 5) is 0. The maximum absolute atomic E-state index is 3.69. The standard InChI is InChI=1S/C18H18BrNS/c1-2-11-20-17(13-7-4-3-5-8-13)15-12-21-18-14(15)9-6-10-16(18)19/h3-10,12,17,20H,2,11H2,1H3. The Bertz CT molecular complexity index is 720. The molecule has 0 saturated carbocycles. The Morgan fingerprint density at radius 3 is 2.67 bits per heavy atom. The molecule has 1 atom stereocenters. The van der Waals surface area contributed by atoms with Crippen LogP contribution in [0.3, 0.4) is 0 Å². The summed E-state index contributed by atoms with van der Waals surface area (Å²) in [6.07, 6.45) is 1.13. The van der Waals surface area contributed by atoms with E-state index in [0.717, 1.165) is 13.0 Å². The highest BCUT2D eigenvalue weighted by atomic mass is 79.9. The van der Waals surface area contributed by atoms with Crippen LogP contribution in [0.4, 0.5) is 0 Å². The smallest absolute Gasteiger partial charge is 0.0591 e. The normalized spacial score (nSPS) is 12.7. The lowest BCUT2D eigenvalue weighted by Crippen LogP contribution is -2.22. The maximum Gasteiger partial charge on any atom is 0.0591 e. The molecule has 0 aliphatic heterocycles. The Morgan fingerprint density at radius 1 is 1.10 bits per heavy atom. The molecule has 1 N–H and O–H groups in total. The zero-order chi connectivity index (χ0) is 14.7. The van der Waals surface area contributed by atoms with E-state index in [2.05, 4.69) is 82.1 Å². The van der Waals surface area contributed by atoms with Gasteiger partial charge >= 0.3 is 0 Å². The molecule has 0 aliphatic rings. The van der Waals surface area contributed by atoms with E-state index in [1.807, 2.05) is 11.3 Å². The summed E-state index contributed by atoms with van der Waals surface area (Å²) in [5.41, 5.74) is 2.70. The van der Waals surface area contributed by atoms with Crippen molar-refractivity contribution >= 4 is 37.4 Å². The van der Waals surface area contributed by atoms with Crippen LogP contribution in [0.25, 0.3) is 10.1 Å². The molecule has 3 heteroatoms. The van der Waals surface area contributed by atoms with Gasteiger partial charge in [-0.05, 0) is 56.9 Å². The Kier molecular flexibility index (Phi) is 4.73. The fourth-order valence-corrected chi connectivity index (χ4v) is 4.25. The molecule has 21 heavy (non-hydrogen) atoms. The molecule has 0 spiro atoms. The average Bonchev–Trinajstić information content (AvgIpc) is 2.94. The van der Waals surface area contributed by atoms with Crippen molar-refractivity contribution in [3.63, 3.8) is 0 Å². The Morgan fingerprint density at radius 2 is 1.90 bits per heavy atom. The zero-order valence-corrected chi connectivity index (χ0v) is 14.4. The highest BCUT2D eigenvalue weighted by Crippen LogP contribution is 2.37. The van der Waals surface area contributed by atoms with Gasteiger partial charge in [0, 0.05) is 9.17 Å². The predicted octanol–water partition coefficient (Wildman–Crippen LogP) is 5.75. The van der Waals surface area contributed by atoms with Crippen LogP contribution >= 0.6 is 27.3 Å². The van der Waals surface area contributed by atoms with Crippen molar-refractivity contribution in [1.29, 1.82) is 0 Å². The Balaban J connectivity index is 2.08. The molecule has 0 fully saturated rings. The van der Waals surface area contributed by atoms with Crippen LogP contribution in [0, 0.1) is 0 Å². The zero-order valence-electron chi connectivity index (χ0n) is 12.0. The molecule has 0 amide bonds. The highest BCUT2D eigenvalue weighted by molar-refractivity contribution is 9.10. The summed E-state index contributed by atoms with van der Waals surface area (Å²) in [5, 5.41) is 7.32. The second-order valence-electron chi connectivity index (χ2n) is 5.11. The molecule has 3 rings (SSSR count). The number of thiophene rings is 1. The van der Waals surface area contributed by atoms with E-state index in [-0.39, 0.29) is 6.04 Å². The monoisotopic (exact) mass is 359 g/mol. The van der Waals surface area contributed by atoms with E-state index in [0.29, 0.717) is 0 Å². The second-order valence-corrected chi connectivity index (χ2v) is 6.84. The van der Waals surface area contributed by atoms with Gasteiger partial charge in [0.15, 0.2) is 0 Å². The molecule has 0 radical (unpaired) electrons. The molecule has 1 aromatic heterocycles. The van der Waals surface area contributed by atoms with Gasteiger partial charge in [-0.3, -0.25) is 0 Å². The number of hydrogen-bond acceptors (Lipinski definition) is 2. The van der Waals surface area contributed by atoms with Crippen molar-refractivity contribution in [2.75, 3.05) is 6.54 Å². The summed E-state index contributed by atoms with van der Waals surface area (Å²) in [6.45, 7) is 3.22. The molecular formula is C18H18BrNS. The molecular weight excluding hydrogens is 342 g/mol. The fraction of sp³-hybridized carbons (Fsp3) is 0.222. The molecule has 3 aromatic rings. The van der Waals surface area contributed by atoms with Crippen LogP contribution in [0.1, 0.15) is 30.5 Å². The summed E-state index contributed by atoms with van der Waals surface area (Å²) in [7, 11) is 0. The third-order valence-electron chi connectivity index (χ3n) is 3.62. The van der Waals surface area contributed by atoms with E-state index < -0.39 is 0 Å². The van der Waals surface area contributed by atoms with E-state index in [4.69, 9.17) is 0 Å². The highest BCUT2D eigenvalue weighted by Gasteiger charge is 2.17. The minimum Gasteiger partial charge on any atom is -0.306 e. The summed E-state index contributed by atoms with van der Waals surface area (Å²) >= 11 is 5.47. The SMILES string of the molecule is CCCNC(c1ccccc1)c1csc2c(Br)cccc12. The fourth-order valence-electron chi connectivity index (χ4n) is 2.61. The van der Waals surface area contributed by atoms with Gasteiger partial charge in [-0.2, -0.15) is 0 Å². The quantitative estimate of drug-likeness (QED) is 0.611. The van der Waals surface area contributed by atoms with Gasteiger partial charge in [-0.25, -0.2) is 0 Å². The third kappa shape index (κ3) is 3.05. The molecule has 108 valence electrons. The van der Waals surface area contributed by atoms with Crippen LogP contribution in [-0.2, 0) is 0 Å². The van der Waals surface area contributed by atoms with Crippen LogP contribution in [-0.4, -0.2) is 6.54 Å². The van der Waals surface area contributed by atoms with E-state index in [1.165, 1.54) is 25.7 Å². The van der Waals surface area contributed by atoms with Crippen molar-refractivity contribution in [2.24, 2.45) is 0 Å². The lowest BCUT2D eigenvalue weighted by molar-refractivity contribution is 0.603. The first kappa shape index (κ1) is 14.8. The second kappa shape index (κ2) is 6.73. The number of nitrogens with one attached hydrogen (secondary N) is 1. The lowest BCUT2D eigenvalue weighted by Gasteiger charge is -2.19. The van der Waals surface area contributed by atoms with Crippen molar-refractivity contribution in [3.8, 4) is 0 Å². The molecule has 0 bridgehead atoms. The van der Waals surface area contributed by atoms with Gasteiger partial charge in [0.05, 0.1) is 6.04 Å². The number of rotatable bonds is 5. The van der Waals surface area contributed by atoms with Crippen molar-refractivity contribution in [2.45, 2.75) is 19.4 Å². The summed E-state index contributed by atoms with van der Waals surface area (Å²) < 4.78 is 2.50. The van der Waals surface area contributed by atoms with Crippen LogP contribution in [0.15, 0.2) is 58.4 Å². The lowest BCUT2D eigenvalue weighted by atomic mass is 9.98. The minimum absolute atomic E-state index is 0.259. The number of hydrogen-bond donors (Lipinski definition) is 1. The minimum atomic E-state index is 0.259. The van der Waals surface area contributed by atoms with Crippen LogP contribution in [0.5, 0.6) is 0 Å². The molecule has 1 nitrogen and oxygen atoms in total. The van der Waals surface area contributed by atoms with Crippen LogP contribution < -0.4 is 5.32 Å². The van der Waals surface area contributed by atoms with Crippen molar-refractivity contribution in [3.05, 3.63) is 69.5 Å². The topological polar surface area (TPSA) is 12.0 Å². The largest absolute Gasteiger partial charge is 0.306 e. The molecule has 0 saturated heterocycles. The molecule has 1 unspecified atom stereocenters. The van der Waals surface area contributed by atoms with Gasteiger partial charge in [-0.15, -0.1) is 11.3 Å². The average molecular weight is 360 g/mol. The van der Waals surface area contributed by atoms with E-state index in [9.17, 15) is 0 Å². The summed E-state index contributed by atoms with van der Waals surface area (Å²) in [5.74, 6) is 0. The first-order chi connectivity index (χ1) is 10.3. The van der Waals surface area contributed by atoms with E-state index in [1.54, 1.807) is 0 Å². The van der Waals surface area contributed by atoms with E-state index >= 15 is 0 Å². The Hall–Kier alpha value is -1.16. The van der Waals surface area contributed by atoms with Crippen molar-refractivity contribution < 1.29 is 0 Å².